The quantitative estimate of drug-likeness (QED) is 0.727. The lowest BCUT2D eigenvalue weighted by molar-refractivity contribution is 0.100. The van der Waals surface area contributed by atoms with Crippen molar-refractivity contribution < 1.29 is 4.79 Å². The molecule has 0 saturated carbocycles. The Balaban J connectivity index is 2.87. The van der Waals surface area contributed by atoms with Crippen molar-refractivity contribution in [3.63, 3.8) is 0 Å². The maximum absolute atomic E-state index is 10.8. The highest BCUT2D eigenvalue weighted by atomic mass is 16.1. The van der Waals surface area contributed by atoms with Crippen LogP contribution < -0.4 is 11.1 Å². The molecule has 70 valence electrons. The van der Waals surface area contributed by atoms with E-state index in [1.807, 2.05) is 19.2 Å². The number of carbonyl (C=O) groups excluding carboxylic acids is 1. The summed E-state index contributed by atoms with van der Waals surface area (Å²) in [4.78, 5) is 10.8. The minimum atomic E-state index is -0.385. The number of amides is 1. The van der Waals surface area contributed by atoms with Crippen LogP contribution in [0.25, 0.3) is 0 Å². The summed E-state index contributed by atoms with van der Waals surface area (Å²) in [7, 11) is 1.90. The largest absolute Gasteiger partial charge is 0.366 e. The molecule has 0 bridgehead atoms. The molecule has 1 amide bonds. The second kappa shape index (κ2) is 4.05. The Hall–Kier alpha value is -1.35. The van der Waals surface area contributed by atoms with Gasteiger partial charge in [0.25, 0.3) is 0 Å². The van der Waals surface area contributed by atoms with Gasteiger partial charge in [0, 0.05) is 11.6 Å². The number of hydrogen-bond acceptors (Lipinski definition) is 2. The van der Waals surface area contributed by atoms with Gasteiger partial charge in [-0.25, -0.2) is 0 Å². The van der Waals surface area contributed by atoms with Crippen molar-refractivity contribution >= 4 is 5.91 Å². The second-order valence-corrected chi connectivity index (χ2v) is 3.00. The number of rotatable bonds is 3. The lowest BCUT2D eigenvalue weighted by Gasteiger charge is -2.10. The maximum atomic E-state index is 10.8. The van der Waals surface area contributed by atoms with E-state index in [0.717, 1.165) is 5.56 Å². The topological polar surface area (TPSA) is 55.1 Å². The Bertz CT molecular complexity index is 292. The van der Waals surface area contributed by atoms with Crippen LogP contribution in [0, 0.1) is 0 Å². The van der Waals surface area contributed by atoms with Gasteiger partial charge in [-0.05, 0) is 31.7 Å². The van der Waals surface area contributed by atoms with Crippen LogP contribution >= 0.6 is 0 Å². The van der Waals surface area contributed by atoms with Gasteiger partial charge in [-0.2, -0.15) is 0 Å². The van der Waals surface area contributed by atoms with Crippen LogP contribution in [0.15, 0.2) is 24.3 Å². The Labute approximate surface area is 77.9 Å². The molecule has 1 unspecified atom stereocenters. The molecule has 3 heteroatoms. The lowest BCUT2D eigenvalue weighted by Crippen LogP contribution is -2.14. The summed E-state index contributed by atoms with van der Waals surface area (Å²) in [6, 6.07) is 7.58. The number of nitrogens with one attached hydrogen (secondary N) is 1. The molecule has 0 radical (unpaired) electrons. The average Bonchev–Trinajstić information content (AvgIpc) is 2.17. The zero-order valence-electron chi connectivity index (χ0n) is 7.87. The third kappa shape index (κ3) is 2.29. The first-order valence-corrected chi connectivity index (χ1v) is 4.22. The van der Waals surface area contributed by atoms with E-state index in [1.54, 1.807) is 12.1 Å². The molecule has 0 aromatic heterocycles. The van der Waals surface area contributed by atoms with Crippen molar-refractivity contribution in [2.45, 2.75) is 13.0 Å². The highest BCUT2D eigenvalue weighted by Gasteiger charge is 2.03. The second-order valence-electron chi connectivity index (χ2n) is 3.00. The zero-order valence-corrected chi connectivity index (χ0v) is 7.87. The smallest absolute Gasteiger partial charge is 0.248 e. The van der Waals surface area contributed by atoms with Gasteiger partial charge in [0.05, 0.1) is 0 Å². The standard InChI is InChI=1S/C10H14N2O/c1-7(12-2)8-3-5-9(6-4-8)10(11)13/h3-7,12H,1-2H3,(H2,11,13). The third-order valence-corrected chi connectivity index (χ3v) is 2.13. The highest BCUT2D eigenvalue weighted by Crippen LogP contribution is 2.12. The van der Waals surface area contributed by atoms with Crippen molar-refractivity contribution in [1.82, 2.24) is 5.32 Å². The normalized spacial score (nSPS) is 12.5. The zero-order chi connectivity index (χ0) is 9.84. The van der Waals surface area contributed by atoms with Gasteiger partial charge in [0.15, 0.2) is 0 Å². The van der Waals surface area contributed by atoms with Crippen LogP contribution in [0.5, 0.6) is 0 Å². The number of hydrogen-bond donors (Lipinski definition) is 2. The molecule has 1 rings (SSSR count). The van der Waals surface area contributed by atoms with Gasteiger partial charge >= 0.3 is 0 Å². The van der Waals surface area contributed by atoms with E-state index in [-0.39, 0.29) is 5.91 Å². The molecule has 13 heavy (non-hydrogen) atoms. The van der Waals surface area contributed by atoms with E-state index in [2.05, 4.69) is 12.2 Å². The van der Waals surface area contributed by atoms with E-state index in [1.165, 1.54) is 0 Å². The van der Waals surface area contributed by atoms with Gasteiger partial charge in [-0.15, -0.1) is 0 Å². The maximum Gasteiger partial charge on any atom is 0.248 e. The summed E-state index contributed by atoms with van der Waals surface area (Å²) in [6.07, 6.45) is 0. The van der Waals surface area contributed by atoms with Gasteiger partial charge < -0.3 is 11.1 Å². The minimum Gasteiger partial charge on any atom is -0.366 e. The first-order chi connectivity index (χ1) is 6.15. The predicted octanol–water partition coefficient (Wildman–Crippen LogP) is 1.07. The van der Waals surface area contributed by atoms with Crippen molar-refractivity contribution in [2.75, 3.05) is 7.05 Å². The summed E-state index contributed by atoms with van der Waals surface area (Å²) in [6.45, 7) is 2.05. The van der Waals surface area contributed by atoms with Crippen LogP contribution in [0.4, 0.5) is 0 Å². The predicted molar refractivity (Wildman–Crippen MR) is 52.4 cm³/mol. The fourth-order valence-corrected chi connectivity index (χ4v) is 1.10. The first kappa shape index (κ1) is 9.74. The first-order valence-electron chi connectivity index (χ1n) is 4.22. The third-order valence-electron chi connectivity index (χ3n) is 2.13. The van der Waals surface area contributed by atoms with E-state index < -0.39 is 0 Å². The summed E-state index contributed by atoms with van der Waals surface area (Å²) < 4.78 is 0. The van der Waals surface area contributed by atoms with Gasteiger partial charge in [0.2, 0.25) is 5.91 Å². The molecule has 1 aromatic rings. The van der Waals surface area contributed by atoms with Crippen LogP contribution in [0.3, 0.4) is 0 Å². The Morgan fingerprint density at radius 3 is 2.31 bits per heavy atom. The van der Waals surface area contributed by atoms with Crippen LogP contribution in [0.1, 0.15) is 28.9 Å². The van der Waals surface area contributed by atoms with Gasteiger partial charge in [-0.1, -0.05) is 12.1 Å². The molecule has 3 N–H and O–H groups in total. The monoisotopic (exact) mass is 178 g/mol. The van der Waals surface area contributed by atoms with Crippen LogP contribution in [-0.4, -0.2) is 13.0 Å². The summed E-state index contributed by atoms with van der Waals surface area (Å²) in [5.74, 6) is -0.385. The fraction of sp³-hybridized carbons (Fsp3) is 0.300. The van der Waals surface area contributed by atoms with Crippen LogP contribution in [-0.2, 0) is 0 Å². The molecule has 0 spiro atoms. The summed E-state index contributed by atoms with van der Waals surface area (Å²) in [5.41, 5.74) is 6.81. The number of primary amides is 1. The minimum absolute atomic E-state index is 0.293. The molecule has 0 aliphatic rings. The van der Waals surface area contributed by atoms with E-state index in [4.69, 9.17) is 5.73 Å². The van der Waals surface area contributed by atoms with Crippen molar-refractivity contribution in [2.24, 2.45) is 5.73 Å². The SMILES string of the molecule is CNC(C)c1ccc(C(N)=O)cc1. The van der Waals surface area contributed by atoms with E-state index in [0.29, 0.717) is 11.6 Å². The fourth-order valence-electron chi connectivity index (χ4n) is 1.10. The number of carbonyl (C=O) groups is 1. The van der Waals surface area contributed by atoms with Crippen molar-refractivity contribution in [3.8, 4) is 0 Å². The molecule has 1 aromatic carbocycles. The molecule has 0 saturated heterocycles. The molecular weight excluding hydrogens is 164 g/mol. The Morgan fingerprint density at radius 2 is 1.92 bits per heavy atom. The Morgan fingerprint density at radius 1 is 1.38 bits per heavy atom. The van der Waals surface area contributed by atoms with Gasteiger partial charge in [0.1, 0.15) is 0 Å². The average molecular weight is 178 g/mol. The molecule has 0 aliphatic heterocycles. The lowest BCUT2D eigenvalue weighted by atomic mass is 10.1. The highest BCUT2D eigenvalue weighted by molar-refractivity contribution is 5.92. The number of benzene rings is 1. The summed E-state index contributed by atoms with van der Waals surface area (Å²) in [5, 5.41) is 3.11. The Kier molecular flexibility index (Phi) is 3.03. The van der Waals surface area contributed by atoms with E-state index >= 15 is 0 Å². The van der Waals surface area contributed by atoms with Crippen molar-refractivity contribution in [3.05, 3.63) is 35.4 Å². The molecule has 0 aliphatic carbocycles. The molecule has 1 atom stereocenters. The molecule has 0 heterocycles. The van der Waals surface area contributed by atoms with Crippen molar-refractivity contribution in [1.29, 1.82) is 0 Å². The summed E-state index contributed by atoms with van der Waals surface area (Å²) >= 11 is 0. The molecular formula is C10H14N2O. The van der Waals surface area contributed by atoms with Gasteiger partial charge in [-0.3, -0.25) is 4.79 Å². The van der Waals surface area contributed by atoms with E-state index in [9.17, 15) is 4.79 Å². The number of nitrogens with two attached hydrogens (primary N) is 1. The molecule has 3 nitrogen and oxygen atoms in total. The van der Waals surface area contributed by atoms with Crippen LogP contribution in [0.2, 0.25) is 0 Å². The molecule has 0 fully saturated rings.